The van der Waals surface area contributed by atoms with Crippen molar-refractivity contribution in [2.45, 2.75) is 25.0 Å². The average Bonchev–Trinajstić information content (AvgIpc) is 2.36. The van der Waals surface area contributed by atoms with Gasteiger partial charge in [-0.15, -0.1) is 0 Å². The van der Waals surface area contributed by atoms with Crippen LogP contribution in [0.5, 0.6) is 0 Å². The van der Waals surface area contributed by atoms with Gasteiger partial charge >= 0.3 is 0 Å². The van der Waals surface area contributed by atoms with Gasteiger partial charge in [-0.3, -0.25) is 0 Å². The summed E-state index contributed by atoms with van der Waals surface area (Å²) in [6, 6.07) is 0. The van der Waals surface area contributed by atoms with Gasteiger partial charge in [0.15, 0.2) is 0 Å². The lowest BCUT2D eigenvalue weighted by molar-refractivity contribution is 0.0268. The Balaban J connectivity index is 2.34. The van der Waals surface area contributed by atoms with Crippen LogP contribution in [0.15, 0.2) is 11.1 Å². The van der Waals surface area contributed by atoms with Crippen LogP contribution in [-0.2, 0) is 0 Å². The van der Waals surface area contributed by atoms with Crippen molar-refractivity contribution < 1.29 is 10.2 Å². The SMILES string of the molecule is [CH2]C1=C2CC(C1)C(O)C2O. The first-order valence-electron chi connectivity index (χ1n) is 3.60. The molecule has 0 amide bonds. The van der Waals surface area contributed by atoms with Crippen molar-refractivity contribution in [2.24, 2.45) is 5.92 Å². The van der Waals surface area contributed by atoms with Crippen LogP contribution in [-0.4, -0.2) is 22.4 Å². The first kappa shape index (κ1) is 6.38. The van der Waals surface area contributed by atoms with Gasteiger partial charge in [0.1, 0.15) is 6.10 Å². The predicted molar refractivity (Wildman–Crippen MR) is 37.1 cm³/mol. The van der Waals surface area contributed by atoms with Gasteiger partial charge in [0.25, 0.3) is 0 Å². The van der Waals surface area contributed by atoms with E-state index in [1.807, 2.05) is 0 Å². The molecule has 2 bridgehead atoms. The molecule has 0 saturated heterocycles. The molecule has 2 aliphatic carbocycles. The van der Waals surface area contributed by atoms with E-state index in [1.54, 1.807) is 0 Å². The molecule has 0 aromatic heterocycles. The summed E-state index contributed by atoms with van der Waals surface area (Å²) in [6.07, 6.45) is 0.626. The van der Waals surface area contributed by atoms with E-state index in [0.717, 1.165) is 24.0 Å². The number of allylic oxidation sites excluding steroid dienone is 1. The van der Waals surface area contributed by atoms with Gasteiger partial charge in [-0.1, -0.05) is 5.57 Å². The minimum Gasteiger partial charge on any atom is -0.390 e. The largest absolute Gasteiger partial charge is 0.390 e. The summed E-state index contributed by atoms with van der Waals surface area (Å²) in [5.41, 5.74) is 2.03. The molecule has 0 spiro atoms. The quantitative estimate of drug-likeness (QED) is 0.505. The molecule has 0 heterocycles. The maximum atomic E-state index is 9.31. The molecule has 1 radical (unpaired) electrons. The lowest BCUT2D eigenvalue weighted by Gasteiger charge is -2.19. The fraction of sp³-hybridized carbons (Fsp3) is 0.625. The zero-order valence-electron chi connectivity index (χ0n) is 5.75. The third-order valence-corrected chi connectivity index (χ3v) is 2.61. The highest BCUT2D eigenvalue weighted by molar-refractivity contribution is 5.33. The number of rotatable bonds is 0. The topological polar surface area (TPSA) is 40.5 Å². The lowest BCUT2D eigenvalue weighted by Crippen LogP contribution is -2.28. The highest BCUT2D eigenvalue weighted by Crippen LogP contribution is 2.43. The summed E-state index contributed by atoms with van der Waals surface area (Å²) in [4.78, 5) is 0. The van der Waals surface area contributed by atoms with Crippen molar-refractivity contribution in [3.05, 3.63) is 18.1 Å². The second kappa shape index (κ2) is 1.83. The molecular formula is C8H11O2. The van der Waals surface area contributed by atoms with Crippen molar-refractivity contribution in [3.8, 4) is 0 Å². The maximum absolute atomic E-state index is 9.31. The molecule has 2 rings (SSSR count). The Morgan fingerprint density at radius 3 is 2.40 bits per heavy atom. The molecule has 3 atom stereocenters. The van der Waals surface area contributed by atoms with Crippen molar-refractivity contribution in [2.75, 3.05) is 0 Å². The zero-order valence-corrected chi connectivity index (χ0v) is 5.75. The third kappa shape index (κ3) is 0.607. The van der Waals surface area contributed by atoms with Gasteiger partial charge in [0.05, 0.1) is 6.10 Å². The van der Waals surface area contributed by atoms with E-state index in [-0.39, 0.29) is 5.92 Å². The Hall–Kier alpha value is -0.340. The van der Waals surface area contributed by atoms with Gasteiger partial charge in [0, 0.05) is 0 Å². The number of fused-ring (bicyclic) bond motifs is 2. The van der Waals surface area contributed by atoms with Crippen LogP contribution in [0.25, 0.3) is 0 Å². The van der Waals surface area contributed by atoms with E-state index in [9.17, 15) is 10.2 Å². The molecule has 55 valence electrons. The van der Waals surface area contributed by atoms with Crippen LogP contribution in [0.1, 0.15) is 12.8 Å². The molecule has 2 N–H and O–H groups in total. The molecule has 0 aromatic carbocycles. The fourth-order valence-electron chi connectivity index (χ4n) is 1.98. The third-order valence-electron chi connectivity index (χ3n) is 2.61. The van der Waals surface area contributed by atoms with E-state index >= 15 is 0 Å². The van der Waals surface area contributed by atoms with Gasteiger partial charge in [-0.25, -0.2) is 0 Å². The Kier molecular flexibility index (Phi) is 1.17. The summed E-state index contributed by atoms with van der Waals surface area (Å²) in [7, 11) is 0. The number of hydrogen-bond donors (Lipinski definition) is 2. The van der Waals surface area contributed by atoms with Crippen LogP contribution in [0.4, 0.5) is 0 Å². The highest BCUT2D eigenvalue weighted by atomic mass is 16.3. The summed E-state index contributed by atoms with van der Waals surface area (Å²) in [5.74, 6) is 0.262. The first-order valence-corrected chi connectivity index (χ1v) is 3.60. The second-order valence-corrected chi connectivity index (χ2v) is 3.23. The van der Waals surface area contributed by atoms with Crippen LogP contribution < -0.4 is 0 Å². The molecule has 1 fully saturated rings. The van der Waals surface area contributed by atoms with Gasteiger partial charge in [-0.2, -0.15) is 0 Å². The van der Waals surface area contributed by atoms with Gasteiger partial charge < -0.3 is 10.2 Å². The Morgan fingerprint density at radius 2 is 2.00 bits per heavy atom. The van der Waals surface area contributed by atoms with Crippen LogP contribution >= 0.6 is 0 Å². The lowest BCUT2D eigenvalue weighted by atomic mass is 9.96. The normalized spacial score (nSPS) is 45.3. The van der Waals surface area contributed by atoms with E-state index in [0.29, 0.717) is 0 Å². The smallest absolute Gasteiger partial charge is 0.101 e. The number of aliphatic hydroxyl groups is 2. The van der Waals surface area contributed by atoms with Crippen molar-refractivity contribution in [1.29, 1.82) is 0 Å². The summed E-state index contributed by atoms with van der Waals surface area (Å²) >= 11 is 0. The standard InChI is InChI=1S/C8H11O2/c1-4-2-5-3-6(4)8(10)7(5)9/h5,7-10H,1-3H2. The molecule has 0 aliphatic heterocycles. The van der Waals surface area contributed by atoms with Crippen molar-refractivity contribution in [1.82, 2.24) is 0 Å². The zero-order chi connectivity index (χ0) is 7.30. The van der Waals surface area contributed by atoms with E-state index in [1.165, 1.54) is 0 Å². The Labute approximate surface area is 60.2 Å². The highest BCUT2D eigenvalue weighted by Gasteiger charge is 2.42. The monoisotopic (exact) mass is 139 g/mol. The molecule has 1 saturated carbocycles. The average molecular weight is 139 g/mol. The molecule has 2 aliphatic rings. The molecule has 2 heteroatoms. The minimum absolute atomic E-state index is 0.262. The Bertz CT molecular complexity index is 195. The fourth-order valence-corrected chi connectivity index (χ4v) is 1.98. The summed E-state index contributed by atoms with van der Waals surface area (Å²) in [6.45, 7) is 3.81. The second-order valence-electron chi connectivity index (χ2n) is 3.23. The number of hydrogen-bond acceptors (Lipinski definition) is 2. The minimum atomic E-state index is -0.605. The van der Waals surface area contributed by atoms with Crippen LogP contribution in [0, 0.1) is 12.8 Å². The summed E-state index contributed by atoms with van der Waals surface area (Å²) < 4.78 is 0. The first-order chi connectivity index (χ1) is 4.70. The Morgan fingerprint density at radius 1 is 1.30 bits per heavy atom. The van der Waals surface area contributed by atoms with Crippen molar-refractivity contribution in [3.63, 3.8) is 0 Å². The molecule has 10 heavy (non-hydrogen) atoms. The maximum Gasteiger partial charge on any atom is 0.101 e. The number of aliphatic hydroxyl groups excluding tert-OH is 2. The van der Waals surface area contributed by atoms with E-state index in [2.05, 4.69) is 6.92 Å². The van der Waals surface area contributed by atoms with Crippen LogP contribution in [0.3, 0.4) is 0 Å². The summed E-state index contributed by atoms with van der Waals surface area (Å²) in [5, 5.41) is 18.6. The van der Waals surface area contributed by atoms with Gasteiger partial charge in [-0.05, 0) is 31.3 Å². The molecule has 2 nitrogen and oxygen atoms in total. The van der Waals surface area contributed by atoms with Gasteiger partial charge in [0.2, 0.25) is 0 Å². The van der Waals surface area contributed by atoms with E-state index in [4.69, 9.17) is 0 Å². The van der Waals surface area contributed by atoms with Crippen molar-refractivity contribution >= 4 is 0 Å². The predicted octanol–water partition coefficient (Wildman–Crippen LogP) is 0.262. The van der Waals surface area contributed by atoms with E-state index < -0.39 is 12.2 Å². The molecule has 0 aromatic rings. The van der Waals surface area contributed by atoms with Crippen LogP contribution in [0.2, 0.25) is 0 Å². The molecular weight excluding hydrogens is 128 g/mol. The molecule has 3 unspecified atom stereocenters.